The van der Waals surface area contributed by atoms with E-state index < -0.39 is 0 Å². The van der Waals surface area contributed by atoms with Gasteiger partial charge in [-0.1, -0.05) is 0 Å². The molecule has 0 aliphatic heterocycles. The zero-order chi connectivity index (χ0) is 8.97. The van der Waals surface area contributed by atoms with Crippen molar-refractivity contribution in [2.45, 2.75) is 19.8 Å². The second-order valence-corrected chi connectivity index (χ2v) is 2.53. The number of hydrogen-bond acceptors (Lipinski definition) is 3. The van der Waals surface area contributed by atoms with Crippen LogP contribution in [0.25, 0.3) is 0 Å². The minimum atomic E-state index is -0.233. The highest BCUT2D eigenvalue weighted by molar-refractivity contribution is 5.77. The Hall–Kier alpha value is -1.25. The molecule has 0 N–H and O–H groups in total. The van der Waals surface area contributed by atoms with Crippen LogP contribution in [-0.2, 0) is 9.53 Å². The van der Waals surface area contributed by atoms with E-state index in [4.69, 9.17) is 9.15 Å². The first-order chi connectivity index (χ1) is 5.75. The molecule has 0 aliphatic rings. The first-order valence-corrected chi connectivity index (χ1v) is 3.94. The Morgan fingerprint density at radius 2 is 2.50 bits per heavy atom. The number of ether oxygens (including phenoxy) is 1. The predicted octanol–water partition coefficient (Wildman–Crippen LogP) is 1.95. The molecule has 0 aliphatic carbocycles. The molecule has 0 radical (unpaired) electrons. The second kappa shape index (κ2) is 3.95. The summed E-state index contributed by atoms with van der Waals surface area (Å²) in [5.74, 6) is -0.442. The van der Waals surface area contributed by atoms with E-state index >= 15 is 0 Å². The van der Waals surface area contributed by atoms with E-state index in [1.54, 1.807) is 32.4 Å². The van der Waals surface area contributed by atoms with Crippen molar-refractivity contribution in [3.8, 4) is 0 Å². The molecule has 1 rings (SSSR count). The molecular weight excluding hydrogens is 156 g/mol. The Kier molecular flexibility index (Phi) is 2.91. The van der Waals surface area contributed by atoms with Gasteiger partial charge in [-0.3, -0.25) is 4.79 Å². The van der Waals surface area contributed by atoms with Crippen LogP contribution >= 0.6 is 0 Å². The third-order valence-corrected chi connectivity index (χ3v) is 1.68. The lowest BCUT2D eigenvalue weighted by molar-refractivity contribution is -0.144. The van der Waals surface area contributed by atoms with E-state index in [1.165, 1.54) is 0 Å². The number of esters is 1. The smallest absolute Gasteiger partial charge is 0.313 e. The van der Waals surface area contributed by atoms with Gasteiger partial charge in [-0.05, 0) is 19.9 Å². The quantitative estimate of drug-likeness (QED) is 0.647. The predicted molar refractivity (Wildman–Crippen MR) is 43.8 cm³/mol. The van der Waals surface area contributed by atoms with Gasteiger partial charge in [0.15, 0.2) is 0 Å². The van der Waals surface area contributed by atoms with E-state index in [2.05, 4.69) is 0 Å². The van der Waals surface area contributed by atoms with Crippen molar-refractivity contribution in [2.24, 2.45) is 0 Å². The van der Waals surface area contributed by atoms with Gasteiger partial charge in [-0.25, -0.2) is 0 Å². The fraction of sp³-hybridized carbons (Fsp3) is 0.444. The van der Waals surface area contributed by atoms with Crippen molar-refractivity contribution in [2.75, 3.05) is 6.61 Å². The third kappa shape index (κ3) is 1.87. The molecule has 1 atom stereocenters. The van der Waals surface area contributed by atoms with Crippen molar-refractivity contribution >= 4 is 5.97 Å². The lowest BCUT2D eigenvalue weighted by Crippen LogP contribution is -2.12. The van der Waals surface area contributed by atoms with Crippen LogP contribution in [0.2, 0.25) is 0 Å². The maximum absolute atomic E-state index is 11.2. The molecule has 0 saturated heterocycles. The molecule has 1 heterocycles. The van der Waals surface area contributed by atoms with Crippen LogP contribution in [0.1, 0.15) is 25.3 Å². The molecule has 1 unspecified atom stereocenters. The van der Waals surface area contributed by atoms with E-state index in [0.29, 0.717) is 6.61 Å². The van der Waals surface area contributed by atoms with Crippen LogP contribution in [0.5, 0.6) is 0 Å². The average molecular weight is 168 g/mol. The fourth-order valence-electron chi connectivity index (χ4n) is 0.925. The summed E-state index contributed by atoms with van der Waals surface area (Å²) in [4.78, 5) is 11.2. The van der Waals surface area contributed by atoms with Crippen molar-refractivity contribution in [3.05, 3.63) is 24.2 Å². The van der Waals surface area contributed by atoms with Crippen LogP contribution in [0.3, 0.4) is 0 Å². The molecular formula is C9H12O3. The lowest BCUT2D eigenvalue weighted by atomic mass is 10.1. The van der Waals surface area contributed by atoms with Crippen LogP contribution in [0.15, 0.2) is 23.0 Å². The van der Waals surface area contributed by atoms with Crippen LogP contribution in [0.4, 0.5) is 0 Å². The molecule has 0 bridgehead atoms. The van der Waals surface area contributed by atoms with Gasteiger partial charge < -0.3 is 9.15 Å². The number of carbonyl (C=O) groups excluding carboxylic acids is 1. The number of furan rings is 1. The summed E-state index contributed by atoms with van der Waals surface area (Å²) in [6.07, 6.45) is 3.10. The summed E-state index contributed by atoms with van der Waals surface area (Å²) in [6.45, 7) is 4.00. The molecule has 66 valence electrons. The molecule has 1 aromatic rings. The molecule has 12 heavy (non-hydrogen) atoms. The Bertz CT molecular complexity index is 238. The first-order valence-electron chi connectivity index (χ1n) is 3.94. The molecule has 1 aromatic heterocycles. The summed E-state index contributed by atoms with van der Waals surface area (Å²) in [5, 5.41) is 0. The maximum Gasteiger partial charge on any atom is 0.313 e. The Morgan fingerprint density at radius 3 is 3.00 bits per heavy atom. The van der Waals surface area contributed by atoms with Crippen LogP contribution in [0, 0.1) is 0 Å². The zero-order valence-electron chi connectivity index (χ0n) is 7.24. The molecule has 3 heteroatoms. The Labute approximate surface area is 71.3 Å². The van der Waals surface area contributed by atoms with E-state index in [1.807, 2.05) is 0 Å². The van der Waals surface area contributed by atoms with E-state index in [0.717, 1.165) is 5.56 Å². The van der Waals surface area contributed by atoms with Crippen LogP contribution in [-0.4, -0.2) is 12.6 Å². The summed E-state index contributed by atoms with van der Waals surface area (Å²) in [6, 6.07) is 1.77. The number of carbonyl (C=O) groups is 1. The molecule has 0 saturated carbocycles. The minimum Gasteiger partial charge on any atom is -0.472 e. The van der Waals surface area contributed by atoms with Gasteiger partial charge in [0.1, 0.15) is 0 Å². The highest BCUT2D eigenvalue weighted by Gasteiger charge is 2.16. The van der Waals surface area contributed by atoms with Gasteiger partial charge in [0.2, 0.25) is 0 Å². The van der Waals surface area contributed by atoms with Crippen molar-refractivity contribution in [1.82, 2.24) is 0 Å². The standard InChI is InChI=1S/C9H12O3/c1-3-12-9(10)7(2)8-4-5-11-6-8/h4-7H,3H2,1-2H3. The fourth-order valence-corrected chi connectivity index (χ4v) is 0.925. The average Bonchev–Trinajstić information content (AvgIpc) is 2.55. The number of rotatable bonds is 3. The summed E-state index contributed by atoms with van der Waals surface area (Å²) >= 11 is 0. The van der Waals surface area contributed by atoms with Gasteiger partial charge in [-0.15, -0.1) is 0 Å². The Balaban J connectivity index is 2.59. The zero-order valence-corrected chi connectivity index (χ0v) is 7.24. The second-order valence-electron chi connectivity index (χ2n) is 2.53. The summed E-state index contributed by atoms with van der Waals surface area (Å²) in [5.41, 5.74) is 0.855. The van der Waals surface area contributed by atoms with E-state index in [9.17, 15) is 4.79 Å². The molecule has 3 nitrogen and oxygen atoms in total. The van der Waals surface area contributed by atoms with E-state index in [-0.39, 0.29) is 11.9 Å². The van der Waals surface area contributed by atoms with Gasteiger partial charge >= 0.3 is 5.97 Å². The van der Waals surface area contributed by atoms with Gasteiger partial charge in [0.25, 0.3) is 0 Å². The maximum atomic E-state index is 11.2. The number of hydrogen-bond donors (Lipinski definition) is 0. The van der Waals surface area contributed by atoms with Crippen molar-refractivity contribution in [1.29, 1.82) is 0 Å². The largest absolute Gasteiger partial charge is 0.472 e. The first kappa shape index (κ1) is 8.84. The van der Waals surface area contributed by atoms with Gasteiger partial charge in [0.05, 0.1) is 25.1 Å². The van der Waals surface area contributed by atoms with Crippen molar-refractivity contribution < 1.29 is 13.9 Å². The molecule has 0 amide bonds. The minimum absolute atomic E-state index is 0.209. The van der Waals surface area contributed by atoms with Crippen molar-refractivity contribution in [3.63, 3.8) is 0 Å². The summed E-state index contributed by atoms with van der Waals surface area (Å²) in [7, 11) is 0. The summed E-state index contributed by atoms with van der Waals surface area (Å²) < 4.78 is 9.70. The SMILES string of the molecule is CCOC(=O)C(C)c1ccoc1. The lowest BCUT2D eigenvalue weighted by Gasteiger charge is -2.06. The third-order valence-electron chi connectivity index (χ3n) is 1.68. The monoisotopic (exact) mass is 168 g/mol. The molecule has 0 spiro atoms. The highest BCUT2D eigenvalue weighted by Crippen LogP contribution is 2.16. The Morgan fingerprint density at radius 1 is 1.75 bits per heavy atom. The van der Waals surface area contributed by atoms with Gasteiger partial charge in [0, 0.05) is 5.56 Å². The normalized spacial score (nSPS) is 12.5. The highest BCUT2D eigenvalue weighted by atomic mass is 16.5. The molecule has 0 aromatic carbocycles. The van der Waals surface area contributed by atoms with Gasteiger partial charge in [-0.2, -0.15) is 0 Å². The molecule has 0 fully saturated rings. The van der Waals surface area contributed by atoms with Crippen LogP contribution < -0.4 is 0 Å². The topological polar surface area (TPSA) is 39.4 Å².